The summed E-state index contributed by atoms with van der Waals surface area (Å²) in [5, 5.41) is 4.72. The molecule has 0 aliphatic carbocycles. The Morgan fingerprint density at radius 2 is 1.76 bits per heavy atom. The number of hydrazone groups is 1. The number of amides is 1. The highest BCUT2D eigenvalue weighted by molar-refractivity contribution is 6.11. The van der Waals surface area contributed by atoms with Gasteiger partial charge in [-0.15, -0.1) is 12.4 Å². The second-order valence-corrected chi connectivity index (χ2v) is 5.25. The topological polar surface area (TPSA) is 120 Å². The number of halogens is 4. The van der Waals surface area contributed by atoms with Gasteiger partial charge in [0.25, 0.3) is 5.91 Å². The third-order valence-corrected chi connectivity index (χ3v) is 3.09. The van der Waals surface area contributed by atoms with Crippen LogP contribution in [0, 0.1) is 0 Å². The number of esters is 1. The maximum atomic E-state index is 12.3. The van der Waals surface area contributed by atoms with E-state index in [-0.39, 0.29) is 42.1 Å². The highest BCUT2D eigenvalue weighted by Gasteiger charge is 2.31. The third-order valence-electron chi connectivity index (χ3n) is 3.09. The molecule has 2 rings (SSSR count). The van der Waals surface area contributed by atoms with Crippen molar-refractivity contribution in [1.82, 2.24) is 0 Å². The average molecular weight is 439 g/mol. The minimum absolute atomic E-state index is 0. The van der Waals surface area contributed by atoms with Crippen molar-refractivity contribution in [3.8, 4) is 0 Å². The molecule has 1 aliphatic rings. The van der Waals surface area contributed by atoms with E-state index in [0.29, 0.717) is 13.2 Å². The largest absolute Gasteiger partial charge is 0.479 e. The van der Waals surface area contributed by atoms with Crippen molar-refractivity contribution in [3.05, 3.63) is 41.8 Å². The van der Waals surface area contributed by atoms with Crippen LogP contribution in [0.5, 0.6) is 0 Å². The average Bonchev–Trinajstić information content (AvgIpc) is 2.93. The maximum Gasteiger partial charge on any atom is 0.416 e. The smallest absolute Gasteiger partial charge is 0.416 e. The van der Waals surface area contributed by atoms with Crippen molar-refractivity contribution >= 4 is 35.8 Å². The third kappa shape index (κ3) is 8.73. The van der Waals surface area contributed by atoms with Gasteiger partial charge in [-0.05, 0) is 38.1 Å². The van der Waals surface area contributed by atoms with Gasteiger partial charge in [-0.3, -0.25) is 4.79 Å². The summed E-state index contributed by atoms with van der Waals surface area (Å²) in [7, 11) is 0. The molecule has 0 spiro atoms. The lowest BCUT2D eigenvalue weighted by Crippen LogP contribution is -2.19. The fourth-order valence-electron chi connectivity index (χ4n) is 1.95. The number of anilines is 1. The monoisotopic (exact) mass is 438 g/mol. The number of carbonyl (C=O) groups excluding carboxylic acids is 2. The van der Waals surface area contributed by atoms with Gasteiger partial charge in [-0.2, -0.15) is 23.3 Å². The van der Waals surface area contributed by atoms with Crippen LogP contribution in [-0.4, -0.2) is 30.9 Å². The molecule has 1 aromatic carbocycles. The molecule has 1 aliphatic heterocycles. The molecule has 0 saturated heterocycles. The van der Waals surface area contributed by atoms with Gasteiger partial charge in [0.1, 0.15) is 5.84 Å². The van der Waals surface area contributed by atoms with Gasteiger partial charge in [0.2, 0.25) is 0 Å². The van der Waals surface area contributed by atoms with Gasteiger partial charge in [-0.25, -0.2) is 4.79 Å². The molecule has 4 N–H and O–H groups in total. The first kappa shape index (κ1) is 26.1. The van der Waals surface area contributed by atoms with Crippen molar-refractivity contribution in [2.75, 3.05) is 18.2 Å². The van der Waals surface area contributed by atoms with E-state index in [1.807, 2.05) is 0 Å². The Bertz CT molecular complexity index is 752. The van der Waals surface area contributed by atoms with Crippen LogP contribution in [0.1, 0.15) is 25.8 Å². The van der Waals surface area contributed by atoms with Crippen LogP contribution in [0.2, 0.25) is 0 Å². The summed E-state index contributed by atoms with van der Waals surface area (Å²) in [5.41, 5.74) is 10.1. The first-order valence-electron chi connectivity index (χ1n) is 8.18. The molecule has 162 valence electrons. The Balaban J connectivity index is 0.000000576. The molecule has 1 heterocycles. The molecule has 0 fully saturated rings. The molecule has 0 radical (unpaired) electrons. The molecule has 0 atom stereocenters. The predicted molar refractivity (Wildman–Crippen MR) is 103 cm³/mol. The number of ether oxygens (including phenoxy) is 2. The normalized spacial score (nSPS) is 13.7. The van der Waals surface area contributed by atoms with Crippen LogP contribution in [0.25, 0.3) is 0 Å². The van der Waals surface area contributed by atoms with Gasteiger partial charge in [0, 0.05) is 0 Å². The lowest BCUT2D eigenvalue weighted by molar-refractivity contribution is -0.138. The molecule has 1 aromatic rings. The van der Waals surface area contributed by atoms with Crippen molar-refractivity contribution in [2.24, 2.45) is 16.6 Å². The Labute approximate surface area is 171 Å². The van der Waals surface area contributed by atoms with Crippen molar-refractivity contribution in [1.29, 1.82) is 0 Å². The van der Waals surface area contributed by atoms with Crippen molar-refractivity contribution in [3.63, 3.8) is 0 Å². The zero-order valence-corrected chi connectivity index (χ0v) is 16.5. The van der Waals surface area contributed by atoms with E-state index in [4.69, 9.17) is 16.2 Å². The van der Waals surface area contributed by atoms with Crippen LogP contribution < -0.4 is 16.5 Å². The van der Waals surface area contributed by atoms with E-state index in [1.165, 1.54) is 12.1 Å². The maximum absolute atomic E-state index is 12.3. The van der Waals surface area contributed by atoms with Crippen LogP contribution in [0.4, 0.5) is 18.9 Å². The standard InChI is InChI=1S/C10H8F3N3O.C7H13NO3.ClH/c11-10(12,13)6-1-3-7(4-2-6)16-9(17)5-8(14)15-16;1-3-10-6(8)5-7(9)11-4-2;/h1-4H,5H2,(H2,14,15);5H,3-4,8H2,1-2H3;1H/b;6-5-;. The zero-order valence-electron chi connectivity index (χ0n) is 15.7. The minimum Gasteiger partial charge on any atom is -0.479 e. The van der Waals surface area contributed by atoms with E-state index in [9.17, 15) is 22.8 Å². The molecule has 29 heavy (non-hydrogen) atoms. The summed E-state index contributed by atoms with van der Waals surface area (Å²) in [6.45, 7) is 4.30. The van der Waals surface area contributed by atoms with E-state index in [0.717, 1.165) is 23.2 Å². The molecule has 0 saturated carbocycles. The van der Waals surface area contributed by atoms with Crippen LogP contribution in [0.15, 0.2) is 41.3 Å². The second-order valence-electron chi connectivity index (χ2n) is 5.25. The van der Waals surface area contributed by atoms with Gasteiger partial charge in [-0.1, -0.05) is 0 Å². The SMILES string of the molecule is CCOC(=O)/C=C(/N)OCC.Cl.NC1=NN(c2ccc(C(F)(F)F)cc2)C(=O)C1. The van der Waals surface area contributed by atoms with Gasteiger partial charge in [0.15, 0.2) is 5.88 Å². The number of carbonyl (C=O) groups is 2. The van der Waals surface area contributed by atoms with Gasteiger partial charge < -0.3 is 20.9 Å². The summed E-state index contributed by atoms with van der Waals surface area (Å²) in [6, 6.07) is 4.16. The molecular formula is C17H22ClF3N4O4. The lowest BCUT2D eigenvalue weighted by Gasteiger charge is -2.12. The molecule has 1 amide bonds. The second kappa shape index (κ2) is 11.8. The lowest BCUT2D eigenvalue weighted by atomic mass is 10.2. The van der Waals surface area contributed by atoms with Crippen molar-refractivity contribution in [2.45, 2.75) is 26.4 Å². The minimum atomic E-state index is -4.39. The molecule has 12 heteroatoms. The highest BCUT2D eigenvalue weighted by atomic mass is 35.5. The van der Waals surface area contributed by atoms with E-state index >= 15 is 0 Å². The number of nitrogens with two attached hydrogens (primary N) is 2. The summed E-state index contributed by atoms with van der Waals surface area (Å²) in [5.74, 6) is -0.596. The predicted octanol–water partition coefficient (Wildman–Crippen LogP) is 2.52. The fourth-order valence-corrected chi connectivity index (χ4v) is 1.95. The number of amidine groups is 1. The van der Waals surface area contributed by atoms with Crippen molar-refractivity contribution < 1.29 is 32.2 Å². The van der Waals surface area contributed by atoms with Gasteiger partial charge >= 0.3 is 12.1 Å². The Morgan fingerprint density at radius 3 is 2.17 bits per heavy atom. The summed E-state index contributed by atoms with van der Waals surface area (Å²) in [4.78, 5) is 22.0. The summed E-state index contributed by atoms with van der Waals surface area (Å²) in [6.07, 6.45) is -3.29. The quantitative estimate of drug-likeness (QED) is 0.414. The number of rotatable bonds is 5. The Hall–Kier alpha value is -2.95. The summed E-state index contributed by atoms with van der Waals surface area (Å²) >= 11 is 0. The molecule has 0 unspecified atom stereocenters. The number of hydrogen-bond donors (Lipinski definition) is 2. The Kier molecular flexibility index (Phi) is 10.6. The number of nitrogens with zero attached hydrogens (tertiary/aromatic N) is 2. The first-order valence-corrected chi connectivity index (χ1v) is 8.18. The Morgan fingerprint density at radius 1 is 1.21 bits per heavy atom. The van der Waals surface area contributed by atoms with Gasteiger partial charge in [0.05, 0.1) is 37.0 Å². The zero-order chi connectivity index (χ0) is 21.3. The number of hydrogen-bond acceptors (Lipinski definition) is 7. The fraction of sp³-hybridized carbons (Fsp3) is 0.353. The first-order chi connectivity index (χ1) is 13.1. The number of alkyl halides is 3. The highest BCUT2D eigenvalue weighted by Crippen LogP contribution is 2.31. The number of benzene rings is 1. The van der Waals surface area contributed by atoms with Crippen LogP contribution in [-0.2, 0) is 25.2 Å². The summed E-state index contributed by atoms with van der Waals surface area (Å²) < 4.78 is 46.3. The molecule has 8 nitrogen and oxygen atoms in total. The molecule has 0 bridgehead atoms. The van der Waals surface area contributed by atoms with E-state index < -0.39 is 17.7 Å². The van der Waals surface area contributed by atoms with Crippen LogP contribution in [0.3, 0.4) is 0 Å². The van der Waals surface area contributed by atoms with E-state index in [1.54, 1.807) is 13.8 Å². The molecular weight excluding hydrogens is 417 g/mol. The molecule has 0 aromatic heterocycles. The van der Waals surface area contributed by atoms with Crippen LogP contribution >= 0.6 is 12.4 Å². The van der Waals surface area contributed by atoms with E-state index in [2.05, 4.69) is 9.84 Å².